The highest BCUT2D eigenvalue weighted by Gasteiger charge is 2.24. The average molecular weight is 501 g/mol. The summed E-state index contributed by atoms with van der Waals surface area (Å²) >= 11 is 1.22. The number of carbonyl (C=O) groups is 1. The Hall–Kier alpha value is -2.69. The van der Waals surface area contributed by atoms with Crippen molar-refractivity contribution in [1.29, 1.82) is 0 Å². The van der Waals surface area contributed by atoms with Crippen molar-refractivity contribution in [1.82, 2.24) is 13.9 Å². The lowest BCUT2D eigenvalue weighted by Gasteiger charge is -2.18. The molecule has 0 aliphatic heterocycles. The number of thioether (sulfide) groups is 1. The monoisotopic (exact) mass is 500 g/mol. The molecule has 4 rings (SSSR count). The predicted molar refractivity (Wildman–Crippen MR) is 135 cm³/mol. The molecule has 0 radical (unpaired) electrons. The Morgan fingerprint density at radius 3 is 2.59 bits per heavy atom. The van der Waals surface area contributed by atoms with E-state index in [4.69, 9.17) is 4.98 Å². The number of anilines is 1. The summed E-state index contributed by atoms with van der Waals surface area (Å²) < 4.78 is 27.8. The van der Waals surface area contributed by atoms with Crippen LogP contribution in [0.1, 0.15) is 37.3 Å². The maximum absolute atomic E-state index is 13.3. The molecule has 1 fully saturated rings. The van der Waals surface area contributed by atoms with Crippen LogP contribution in [0.4, 0.5) is 5.69 Å². The van der Waals surface area contributed by atoms with Crippen molar-refractivity contribution >= 4 is 44.3 Å². The van der Waals surface area contributed by atoms with Crippen LogP contribution >= 0.6 is 11.8 Å². The minimum absolute atomic E-state index is 0.0433. The lowest BCUT2D eigenvalue weighted by molar-refractivity contribution is -0.113. The fraction of sp³-hybridized carbons (Fsp3) is 0.375. The molecule has 1 saturated carbocycles. The van der Waals surface area contributed by atoms with E-state index in [1.165, 1.54) is 38.0 Å². The van der Waals surface area contributed by atoms with Gasteiger partial charge in [0.15, 0.2) is 5.16 Å². The summed E-state index contributed by atoms with van der Waals surface area (Å²) in [7, 11) is -0.693. The zero-order valence-corrected chi connectivity index (χ0v) is 21.1. The summed E-state index contributed by atoms with van der Waals surface area (Å²) in [4.78, 5) is 30.9. The number of fused-ring (bicyclic) bond motifs is 1. The van der Waals surface area contributed by atoms with Crippen LogP contribution in [0, 0.1) is 6.92 Å². The van der Waals surface area contributed by atoms with Gasteiger partial charge in [-0.15, -0.1) is 0 Å². The van der Waals surface area contributed by atoms with Gasteiger partial charge in [0.05, 0.1) is 21.6 Å². The van der Waals surface area contributed by atoms with Crippen LogP contribution < -0.4 is 10.9 Å². The van der Waals surface area contributed by atoms with Crippen molar-refractivity contribution in [3.63, 3.8) is 0 Å². The van der Waals surface area contributed by atoms with Gasteiger partial charge in [0.2, 0.25) is 15.9 Å². The Bertz CT molecular complexity index is 1390. The molecule has 1 heterocycles. The molecule has 0 spiro atoms. The van der Waals surface area contributed by atoms with Crippen LogP contribution in [0.15, 0.2) is 57.3 Å². The fourth-order valence-electron chi connectivity index (χ4n) is 4.14. The number of nitrogens with one attached hydrogen (secondary N) is 1. The van der Waals surface area contributed by atoms with Crippen molar-refractivity contribution < 1.29 is 13.2 Å². The molecular weight excluding hydrogens is 472 g/mol. The number of rotatable bonds is 7. The lowest BCUT2D eigenvalue weighted by atomic mass is 10.2. The lowest BCUT2D eigenvalue weighted by Crippen LogP contribution is -2.27. The molecule has 0 saturated heterocycles. The number of benzene rings is 2. The summed E-state index contributed by atoms with van der Waals surface area (Å²) in [6.45, 7) is 1.80. The van der Waals surface area contributed by atoms with Gasteiger partial charge in [-0.25, -0.2) is 17.7 Å². The van der Waals surface area contributed by atoms with E-state index in [1.54, 1.807) is 29.7 Å². The standard InChI is InChI=1S/C24H28N4O4S2/c1-16-12-13-18(34(31,32)27(2)3)14-21(16)25-22(29)15-33-24-26-20-11-7-6-10-19(20)23(30)28(24)17-8-4-5-9-17/h6-7,10-14,17H,4-5,8-9,15H2,1-3H3,(H,25,29). The highest BCUT2D eigenvalue weighted by atomic mass is 32.2. The smallest absolute Gasteiger partial charge is 0.262 e. The number of hydrogen-bond acceptors (Lipinski definition) is 6. The minimum atomic E-state index is -3.62. The molecule has 2 aromatic carbocycles. The van der Waals surface area contributed by atoms with Crippen molar-refractivity contribution in [3.8, 4) is 0 Å². The highest BCUT2D eigenvalue weighted by molar-refractivity contribution is 7.99. The van der Waals surface area contributed by atoms with E-state index in [1.807, 2.05) is 12.1 Å². The van der Waals surface area contributed by atoms with Gasteiger partial charge in [0.25, 0.3) is 5.56 Å². The normalized spacial score (nSPS) is 14.7. The summed E-state index contributed by atoms with van der Waals surface area (Å²) in [6.07, 6.45) is 3.98. The Kier molecular flexibility index (Phi) is 7.11. The molecule has 0 atom stereocenters. The van der Waals surface area contributed by atoms with Gasteiger partial charge in [0, 0.05) is 25.8 Å². The van der Waals surface area contributed by atoms with Crippen LogP contribution in [0.2, 0.25) is 0 Å². The van der Waals surface area contributed by atoms with Gasteiger partial charge in [-0.1, -0.05) is 42.8 Å². The maximum atomic E-state index is 13.3. The van der Waals surface area contributed by atoms with Crippen LogP contribution in [0.5, 0.6) is 0 Å². The molecule has 180 valence electrons. The molecule has 1 N–H and O–H groups in total. The molecule has 3 aromatic rings. The molecule has 0 unspecified atom stereocenters. The van der Waals surface area contributed by atoms with Gasteiger partial charge < -0.3 is 5.32 Å². The van der Waals surface area contributed by atoms with Crippen LogP contribution in [-0.4, -0.2) is 48.0 Å². The third kappa shape index (κ3) is 4.89. The first-order valence-corrected chi connectivity index (χ1v) is 13.6. The topological polar surface area (TPSA) is 101 Å². The van der Waals surface area contributed by atoms with E-state index >= 15 is 0 Å². The zero-order valence-electron chi connectivity index (χ0n) is 19.4. The van der Waals surface area contributed by atoms with E-state index in [0.29, 0.717) is 21.7 Å². The van der Waals surface area contributed by atoms with E-state index < -0.39 is 10.0 Å². The quantitative estimate of drug-likeness (QED) is 0.391. The molecule has 1 aliphatic rings. The number of para-hydroxylation sites is 1. The number of carbonyl (C=O) groups excluding carboxylic acids is 1. The first-order chi connectivity index (χ1) is 16.2. The maximum Gasteiger partial charge on any atom is 0.262 e. The first-order valence-electron chi connectivity index (χ1n) is 11.2. The molecule has 34 heavy (non-hydrogen) atoms. The van der Waals surface area contributed by atoms with Crippen LogP contribution in [-0.2, 0) is 14.8 Å². The zero-order chi connectivity index (χ0) is 24.5. The number of hydrogen-bond donors (Lipinski definition) is 1. The van der Waals surface area contributed by atoms with Gasteiger partial charge >= 0.3 is 0 Å². The molecule has 0 bridgehead atoms. The van der Waals surface area contributed by atoms with E-state index in [-0.39, 0.29) is 28.2 Å². The summed E-state index contributed by atoms with van der Waals surface area (Å²) in [6, 6.07) is 12.0. The molecule has 8 nitrogen and oxygen atoms in total. The van der Waals surface area contributed by atoms with Gasteiger partial charge in [-0.3, -0.25) is 14.2 Å². The second-order valence-electron chi connectivity index (χ2n) is 8.63. The highest BCUT2D eigenvalue weighted by Crippen LogP contribution is 2.32. The number of sulfonamides is 1. The van der Waals surface area contributed by atoms with E-state index in [0.717, 1.165) is 35.6 Å². The molecule has 1 aromatic heterocycles. The first kappa shape index (κ1) is 24.4. The van der Waals surface area contributed by atoms with Gasteiger partial charge in [-0.2, -0.15) is 0 Å². The van der Waals surface area contributed by atoms with Crippen molar-refractivity contribution in [2.24, 2.45) is 0 Å². The second-order valence-corrected chi connectivity index (χ2v) is 11.7. The third-order valence-electron chi connectivity index (χ3n) is 6.06. The van der Waals surface area contributed by atoms with Crippen molar-refractivity contribution in [2.45, 2.75) is 48.7 Å². The Labute approximate surface area is 203 Å². The largest absolute Gasteiger partial charge is 0.325 e. The molecule has 1 amide bonds. The molecule has 1 aliphatic carbocycles. The summed E-state index contributed by atoms with van der Waals surface area (Å²) in [5, 5.41) is 3.93. The van der Waals surface area contributed by atoms with Crippen LogP contribution in [0.3, 0.4) is 0 Å². The van der Waals surface area contributed by atoms with E-state index in [9.17, 15) is 18.0 Å². The number of amides is 1. The Morgan fingerprint density at radius 1 is 1.18 bits per heavy atom. The van der Waals surface area contributed by atoms with E-state index in [2.05, 4.69) is 5.32 Å². The van der Waals surface area contributed by atoms with Gasteiger partial charge in [0.1, 0.15) is 0 Å². The van der Waals surface area contributed by atoms with Crippen LogP contribution in [0.25, 0.3) is 10.9 Å². The van der Waals surface area contributed by atoms with Crippen molar-refractivity contribution in [2.75, 3.05) is 25.2 Å². The minimum Gasteiger partial charge on any atom is -0.325 e. The molecule has 10 heteroatoms. The second kappa shape index (κ2) is 9.89. The third-order valence-corrected chi connectivity index (χ3v) is 8.82. The number of nitrogens with zero attached hydrogens (tertiary/aromatic N) is 3. The van der Waals surface area contributed by atoms with Crippen molar-refractivity contribution in [3.05, 3.63) is 58.4 Å². The SMILES string of the molecule is Cc1ccc(S(=O)(=O)N(C)C)cc1NC(=O)CSc1nc2ccccc2c(=O)n1C1CCCC1. The number of aromatic nitrogens is 2. The Morgan fingerprint density at radius 2 is 1.88 bits per heavy atom. The van der Waals surface area contributed by atoms with Gasteiger partial charge in [-0.05, 0) is 49.6 Å². The predicted octanol–water partition coefficient (Wildman–Crippen LogP) is 3.80. The Balaban J connectivity index is 1.58. The average Bonchev–Trinajstić information content (AvgIpc) is 3.33. The molecular formula is C24H28N4O4S2. The fourth-order valence-corrected chi connectivity index (χ4v) is 5.93. The number of aryl methyl sites for hydroxylation is 1. The summed E-state index contributed by atoms with van der Waals surface area (Å²) in [5.74, 6) is -0.255. The summed E-state index contributed by atoms with van der Waals surface area (Å²) in [5.41, 5.74) is 1.73.